The molecule has 14 heavy (non-hydrogen) atoms. The van der Waals surface area contributed by atoms with Crippen LogP contribution in [-0.2, 0) is 11.2 Å². The lowest BCUT2D eigenvalue weighted by atomic mass is 9.97. The molecule has 0 aliphatic heterocycles. The lowest BCUT2D eigenvalue weighted by Gasteiger charge is -2.07. The zero-order chi connectivity index (χ0) is 10.2. The number of rotatable bonds is 3. The normalized spacial score (nSPS) is 17.8. The Morgan fingerprint density at radius 2 is 2.36 bits per heavy atom. The molecule has 0 atom stereocenters. The predicted octanol–water partition coefficient (Wildman–Crippen LogP) is 1.58. The Balaban J connectivity index is 2.11. The van der Waals surface area contributed by atoms with Crippen LogP contribution in [0.5, 0.6) is 0 Å². The number of nitrogen functional groups attached to an aromatic ring is 1. The highest BCUT2D eigenvalue weighted by atomic mass is 16.1. The molecule has 0 radical (unpaired) electrons. The number of Topliss-reactive ketones (excluding diaryl/α,β-unsaturated/α-hetero) is 1. The van der Waals surface area contributed by atoms with Crippen LogP contribution in [-0.4, -0.2) is 10.8 Å². The molecule has 1 aliphatic rings. The largest absolute Gasteiger partial charge is 0.383 e. The molecule has 0 unspecified atom stereocenters. The first kappa shape index (κ1) is 9.19. The summed E-state index contributed by atoms with van der Waals surface area (Å²) in [5.74, 6) is 0.766. The van der Waals surface area contributed by atoms with Gasteiger partial charge >= 0.3 is 0 Å². The molecule has 74 valence electrons. The Morgan fingerprint density at radius 3 is 2.93 bits per heavy atom. The van der Waals surface area contributed by atoms with Crippen LogP contribution < -0.4 is 5.73 Å². The molecule has 1 aliphatic carbocycles. The Morgan fingerprint density at radius 1 is 1.64 bits per heavy atom. The van der Waals surface area contributed by atoms with E-state index in [-0.39, 0.29) is 11.2 Å². The summed E-state index contributed by atoms with van der Waals surface area (Å²) in [6.07, 6.45) is 4.11. The molecule has 3 nitrogen and oxygen atoms in total. The lowest BCUT2D eigenvalue weighted by molar-refractivity contribution is -0.122. The molecule has 1 saturated carbocycles. The van der Waals surface area contributed by atoms with Crippen LogP contribution in [0, 0.1) is 5.41 Å². The minimum Gasteiger partial charge on any atom is -0.383 e. The van der Waals surface area contributed by atoms with Crippen molar-refractivity contribution < 1.29 is 4.79 Å². The van der Waals surface area contributed by atoms with Gasteiger partial charge in [-0.2, -0.15) is 0 Å². The molecule has 0 amide bonds. The van der Waals surface area contributed by atoms with Gasteiger partial charge in [0.15, 0.2) is 0 Å². The van der Waals surface area contributed by atoms with Crippen molar-refractivity contribution in [1.29, 1.82) is 0 Å². The van der Waals surface area contributed by atoms with Gasteiger partial charge < -0.3 is 5.73 Å². The van der Waals surface area contributed by atoms with Crippen LogP contribution in [0.25, 0.3) is 0 Å². The lowest BCUT2D eigenvalue weighted by Crippen LogP contribution is -2.15. The standard InChI is InChI=1S/C11H14N2O/c1-11(4-5-11)9(14)7-8-3-2-6-13-10(8)12/h2-3,6H,4-5,7H2,1H3,(H2,12,13). The second kappa shape index (κ2) is 3.08. The fraction of sp³-hybridized carbons (Fsp3) is 0.455. The number of carbonyl (C=O) groups is 1. The topological polar surface area (TPSA) is 56.0 Å². The van der Waals surface area contributed by atoms with Crippen molar-refractivity contribution >= 4 is 11.6 Å². The molecule has 2 rings (SSSR count). The first-order valence-electron chi connectivity index (χ1n) is 4.84. The molecule has 0 aromatic carbocycles. The molecule has 2 N–H and O–H groups in total. The van der Waals surface area contributed by atoms with E-state index in [4.69, 9.17) is 5.73 Å². The highest BCUT2D eigenvalue weighted by Crippen LogP contribution is 2.46. The minimum absolute atomic E-state index is 0.0672. The van der Waals surface area contributed by atoms with E-state index < -0.39 is 0 Å². The van der Waals surface area contributed by atoms with Crippen LogP contribution in [0.4, 0.5) is 5.82 Å². The van der Waals surface area contributed by atoms with Crippen molar-refractivity contribution in [3.63, 3.8) is 0 Å². The van der Waals surface area contributed by atoms with Gasteiger partial charge in [-0.1, -0.05) is 13.0 Å². The average Bonchev–Trinajstić information content (AvgIpc) is 2.89. The van der Waals surface area contributed by atoms with E-state index >= 15 is 0 Å². The maximum atomic E-state index is 11.8. The molecule has 0 spiro atoms. The Labute approximate surface area is 83.3 Å². The van der Waals surface area contributed by atoms with E-state index in [0.29, 0.717) is 12.2 Å². The van der Waals surface area contributed by atoms with Gasteiger partial charge in [0.25, 0.3) is 0 Å². The third-order valence-corrected chi connectivity index (χ3v) is 2.95. The van der Waals surface area contributed by atoms with Gasteiger partial charge in [-0.15, -0.1) is 0 Å². The fourth-order valence-corrected chi connectivity index (χ4v) is 1.45. The number of hydrogen-bond donors (Lipinski definition) is 1. The third kappa shape index (κ3) is 1.62. The first-order valence-corrected chi connectivity index (χ1v) is 4.84. The quantitative estimate of drug-likeness (QED) is 0.787. The number of nitrogens with zero attached hydrogens (tertiary/aromatic N) is 1. The summed E-state index contributed by atoms with van der Waals surface area (Å²) in [6, 6.07) is 3.68. The van der Waals surface area contributed by atoms with Crippen molar-refractivity contribution in [2.75, 3.05) is 5.73 Å². The van der Waals surface area contributed by atoms with E-state index in [1.807, 2.05) is 19.1 Å². The van der Waals surface area contributed by atoms with Gasteiger partial charge in [0.05, 0.1) is 0 Å². The summed E-state index contributed by atoms with van der Waals surface area (Å²) in [5, 5.41) is 0. The molecule has 1 fully saturated rings. The zero-order valence-corrected chi connectivity index (χ0v) is 8.29. The maximum absolute atomic E-state index is 11.8. The SMILES string of the molecule is CC1(C(=O)Cc2cccnc2N)CC1. The number of aromatic nitrogens is 1. The van der Waals surface area contributed by atoms with Crippen LogP contribution in [0.3, 0.4) is 0 Å². The predicted molar refractivity (Wildman–Crippen MR) is 54.7 cm³/mol. The van der Waals surface area contributed by atoms with Gasteiger partial charge in [-0.05, 0) is 18.9 Å². The fourth-order valence-electron chi connectivity index (χ4n) is 1.45. The van der Waals surface area contributed by atoms with Crippen LogP contribution in [0.2, 0.25) is 0 Å². The van der Waals surface area contributed by atoms with Gasteiger partial charge in [0.1, 0.15) is 11.6 Å². The van der Waals surface area contributed by atoms with E-state index in [9.17, 15) is 4.79 Å². The summed E-state index contributed by atoms with van der Waals surface area (Å²) < 4.78 is 0. The number of nitrogens with two attached hydrogens (primary N) is 1. The summed E-state index contributed by atoms with van der Waals surface area (Å²) in [7, 11) is 0. The summed E-state index contributed by atoms with van der Waals surface area (Å²) >= 11 is 0. The summed E-state index contributed by atoms with van der Waals surface area (Å²) in [4.78, 5) is 15.7. The van der Waals surface area contributed by atoms with Gasteiger partial charge in [0.2, 0.25) is 0 Å². The van der Waals surface area contributed by atoms with Crippen molar-refractivity contribution in [3.8, 4) is 0 Å². The molecule has 3 heteroatoms. The molecule has 1 aromatic rings. The number of anilines is 1. The number of carbonyl (C=O) groups excluding carboxylic acids is 1. The average molecular weight is 190 g/mol. The third-order valence-electron chi connectivity index (χ3n) is 2.95. The molecular formula is C11H14N2O. The number of ketones is 1. The monoisotopic (exact) mass is 190 g/mol. The van der Waals surface area contributed by atoms with Gasteiger partial charge in [0, 0.05) is 23.6 Å². The second-order valence-corrected chi connectivity index (χ2v) is 4.21. The number of hydrogen-bond acceptors (Lipinski definition) is 3. The van der Waals surface area contributed by atoms with E-state index in [2.05, 4.69) is 4.98 Å². The highest BCUT2D eigenvalue weighted by molar-refractivity contribution is 5.89. The van der Waals surface area contributed by atoms with E-state index in [1.54, 1.807) is 6.20 Å². The Bertz CT molecular complexity index is 369. The smallest absolute Gasteiger partial charge is 0.143 e. The van der Waals surface area contributed by atoms with Crippen LogP contribution in [0.15, 0.2) is 18.3 Å². The van der Waals surface area contributed by atoms with Crippen LogP contribution >= 0.6 is 0 Å². The Kier molecular flexibility index (Phi) is 2.02. The van der Waals surface area contributed by atoms with Gasteiger partial charge in [-0.25, -0.2) is 4.98 Å². The summed E-state index contributed by atoms with van der Waals surface area (Å²) in [6.45, 7) is 2.02. The zero-order valence-electron chi connectivity index (χ0n) is 8.29. The number of pyridine rings is 1. The van der Waals surface area contributed by atoms with Crippen molar-refractivity contribution in [2.45, 2.75) is 26.2 Å². The Hall–Kier alpha value is -1.38. The van der Waals surface area contributed by atoms with E-state index in [0.717, 1.165) is 18.4 Å². The van der Waals surface area contributed by atoms with Gasteiger partial charge in [-0.3, -0.25) is 4.79 Å². The molecule has 0 bridgehead atoms. The minimum atomic E-state index is -0.0672. The molecule has 1 aromatic heterocycles. The van der Waals surface area contributed by atoms with Crippen molar-refractivity contribution in [1.82, 2.24) is 4.98 Å². The second-order valence-electron chi connectivity index (χ2n) is 4.21. The van der Waals surface area contributed by atoms with E-state index in [1.165, 1.54) is 0 Å². The van der Waals surface area contributed by atoms with Crippen molar-refractivity contribution in [2.24, 2.45) is 5.41 Å². The summed E-state index contributed by atoms with van der Waals surface area (Å²) in [5.41, 5.74) is 6.45. The van der Waals surface area contributed by atoms with Crippen LogP contribution in [0.1, 0.15) is 25.3 Å². The molecule has 1 heterocycles. The molecule has 0 saturated heterocycles. The first-order chi connectivity index (χ1) is 6.62. The maximum Gasteiger partial charge on any atom is 0.143 e. The van der Waals surface area contributed by atoms with Crippen molar-refractivity contribution in [3.05, 3.63) is 23.9 Å². The molecular weight excluding hydrogens is 176 g/mol. The highest BCUT2D eigenvalue weighted by Gasteiger charge is 2.44.